The second kappa shape index (κ2) is 7.82. The molecule has 0 bridgehead atoms. The number of carbonyl (C=O) groups excluding carboxylic acids is 2. The fourth-order valence-electron chi connectivity index (χ4n) is 2.74. The molecular weight excluding hydrogens is 280 g/mol. The van der Waals surface area contributed by atoms with Gasteiger partial charge in [0.15, 0.2) is 0 Å². The van der Waals surface area contributed by atoms with Gasteiger partial charge in [-0.05, 0) is 37.8 Å². The average molecular weight is 304 g/mol. The maximum atomic E-state index is 12.5. The summed E-state index contributed by atoms with van der Waals surface area (Å²) in [5.74, 6) is 0.115. The Balaban J connectivity index is 1.90. The van der Waals surface area contributed by atoms with Gasteiger partial charge in [-0.15, -0.1) is 0 Å². The number of carbonyl (C=O) groups is 2. The minimum Gasteiger partial charge on any atom is -0.450 e. The minimum atomic E-state index is -0.402. The van der Waals surface area contributed by atoms with E-state index in [1.165, 1.54) is 0 Å². The average Bonchev–Trinajstić information content (AvgIpc) is 2.50. The fourth-order valence-corrected chi connectivity index (χ4v) is 2.74. The monoisotopic (exact) mass is 304 g/mol. The molecule has 2 amide bonds. The molecule has 1 fully saturated rings. The first-order valence-electron chi connectivity index (χ1n) is 7.85. The Kier molecular flexibility index (Phi) is 5.81. The molecule has 1 heterocycles. The Hall–Kier alpha value is -2.04. The second-order valence-corrected chi connectivity index (χ2v) is 5.65. The summed E-state index contributed by atoms with van der Waals surface area (Å²) in [5, 5.41) is 2.82. The van der Waals surface area contributed by atoms with Gasteiger partial charge in [0.25, 0.3) is 0 Å². The number of amides is 2. The zero-order valence-electron chi connectivity index (χ0n) is 13.3. The number of hydrogen-bond donors (Lipinski definition) is 1. The molecule has 0 aromatic heterocycles. The third-order valence-corrected chi connectivity index (χ3v) is 3.97. The number of hydrogen-bond acceptors (Lipinski definition) is 3. The van der Waals surface area contributed by atoms with Crippen LogP contribution in [0.2, 0.25) is 0 Å². The molecule has 2 rings (SSSR count). The molecule has 1 aromatic rings. The van der Waals surface area contributed by atoms with Crippen molar-refractivity contribution < 1.29 is 14.3 Å². The standard InChI is InChI=1S/C17H24N2O3/c1-3-22-17(21)18-15-9-6-10-19(12-15)16(20)11-14-8-5-4-7-13(14)2/h4-5,7-8,15H,3,6,9-12H2,1-2H3,(H,18,21). The third kappa shape index (κ3) is 4.48. The number of piperidine rings is 1. The summed E-state index contributed by atoms with van der Waals surface area (Å²) < 4.78 is 4.90. The Morgan fingerprint density at radius 1 is 1.36 bits per heavy atom. The zero-order valence-corrected chi connectivity index (χ0v) is 13.3. The van der Waals surface area contributed by atoms with Crippen molar-refractivity contribution in [2.24, 2.45) is 0 Å². The Morgan fingerprint density at radius 2 is 2.14 bits per heavy atom. The summed E-state index contributed by atoms with van der Waals surface area (Å²) in [6, 6.07) is 7.92. The molecule has 1 N–H and O–H groups in total. The largest absolute Gasteiger partial charge is 0.450 e. The Labute approximate surface area is 131 Å². The molecule has 1 aromatic carbocycles. The first-order chi connectivity index (χ1) is 10.6. The molecule has 1 aliphatic rings. The van der Waals surface area contributed by atoms with Crippen molar-refractivity contribution in [3.63, 3.8) is 0 Å². The topological polar surface area (TPSA) is 58.6 Å². The summed E-state index contributed by atoms with van der Waals surface area (Å²) in [4.78, 5) is 25.8. The summed E-state index contributed by atoms with van der Waals surface area (Å²) in [5.41, 5.74) is 2.20. The summed E-state index contributed by atoms with van der Waals surface area (Å²) in [6.07, 6.45) is 1.79. The van der Waals surface area contributed by atoms with Crippen LogP contribution in [-0.2, 0) is 16.0 Å². The molecule has 0 radical (unpaired) electrons. The van der Waals surface area contributed by atoms with Crippen LogP contribution in [0, 0.1) is 6.92 Å². The van der Waals surface area contributed by atoms with Crippen molar-refractivity contribution in [2.45, 2.75) is 39.2 Å². The number of nitrogens with zero attached hydrogens (tertiary/aromatic N) is 1. The van der Waals surface area contributed by atoms with Crippen LogP contribution in [0.1, 0.15) is 30.9 Å². The molecule has 0 aliphatic carbocycles. The number of rotatable bonds is 4. The number of ether oxygens (including phenoxy) is 1. The van der Waals surface area contributed by atoms with Crippen molar-refractivity contribution in [3.05, 3.63) is 35.4 Å². The predicted octanol–water partition coefficient (Wildman–Crippen LogP) is 2.27. The third-order valence-electron chi connectivity index (χ3n) is 3.97. The lowest BCUT2D eigenvalue weighted by molar-refractivity contribution is -0.131. The van der Waals surface area contributed by atoms with Crippen LogP contribution >= 0.6 is 0 Å². The first kappa shape index (κ1) is 16.3. The molecular formula is C17H24N2O3. The lowest BCUT2D eigenvalue weighted by Crippen LogP contribution is -2.50. The van der Waals surface area contributed by atoms with E-state index >= 15 is 0 Å². The molecule has 1 atom stereocenters. The molecule has 22 heavy (non-hydrogen) atoms. The summed E-state index contributed by atoms with van der Waals surface area (Å²) in [6.45, 7) is 5.46. The quantitative estimate of drug-likeness (QED) is 0.928. The van der Waals surface area contributed by atoms with Gasteiger partial charge in [-0.1, -0.05) is 24.3 Å². The number of benzene rings is 1. The number of aryl methyl sites for hydroxylation is 1. The van der Waals surface area contributed by atoms with Gasteiger partial charge in [-0.2, -0.15) is 0 Å². The van der Waals surface area contributed by atoms with E-state index < -0.39 is 6.09 Å². The van der Waals surface area contributed by atoms with E-state index in [-0.39, 0.29) is 11.9 Å². The van der Waals surface area contributed by atoms with Crippen molar-refractivity contribution in [1.29, 1.82) is 0 Å². The molecule has 1 saturated heterocycles. The lowest BCUT2D eigenvalue weighted by Gasteiger charge is -2.33. The second-order valence-electron chi connectivity index (χ2n) is 5.65. The first-order valence-corrected chi connectivity index (χ1v) is 7.85. The van der Waals surface area contributed by atoms with Crippen LogP contribution < -0.4 is 5.32 Å². The van der Waals surface area contributed by atoms with Crippen molar-refractivity contribution in [2.75, 3.05) is 19.7 Å². The highest BCUT2D eigenvalue weighted by Crippen LogP contribution is 2.14. The van der Waals surface area contributed by atoms with E-state index in [0.717, 1.165) is 30.5 Å². The van der Waals surface area contributed by atoms with Gasteiger partial charge in [0, 0.05) is 19.1 Å². The maximum absolute atomic E-state index is 12.5. The highest BCUT2D eigenvalue weighted by atomic mass is 16.5. The predicted molar refractivity (Wildman–Crippen MR) is 84.6 cm³/mol. The highest BCUT2D eigenvalue weighted by molar-refractivity contribution is 5.79. The van der Waals surface area contributed by atoms with E-state index in [4.69, 9.17) is 4.74 Å². The minimum absolute atomic E-state index is 0.0198. The summed E-state index contributed by atoms with van der Waals surface area (Å²) >= 11 is 0. The molecule has 1 aliphatic heterocycles. The molecule has 1 unspecified atom stereocenters. The lowest BCUT2D eigenvalue weighted by atomic mass is 10.0. The maximum Gasteiger partial charge on any atom is 0.407 e. The molecule has 5 heteroatoms. The molecule has 5 nitrogen and oxygen atoms in total. The highest BCUT2D eigenvalue weighted by Gasteiger charge is 2.25. The number of nitrogens with one attached hydrogen (secondary N) is 1. The zero-order chi connectivity index (χ0) is 15.9. The number of likely N-dealkylation sites (tertiary alicyclic amines) is 1. The Bertz CT molecular complexity index is 530. The van der Waals surface area contributed by atoms with Gasteiger partial charge < -0.3 is 15.0 Å². The summed E-state index contributed by atoms with van der Waals surface area (Å²) in [7, 11) is 0. The SMILES string of the molecule is CCOC(=O)NC1CCCN(C(=O)Cc2ccccc2C)C1. The number of alkyl carbamates (subject to hydrolysis) is 1. The van der Waals surface area contributed by atoms with Crippen LogP contribution in [0.15, 0.2) is 24.3 Å². The van der Waals surface area contributed by atoms with Crippen molar-refractivity contribution in [3.8, 4) is 0 Å². The van der Waals surface area contributed by atoms with Crippen molar-refractivity contribution in [1.82, 2.24) is 10.2 Å². The smallest absolute Gasteiger partial charge is 0.407 e. The van der Waals surface area contributed by atoms with E-state index in [9.17, 15) is 9.59 Å². The van der Waals surface area contributed by atoms with Crippen LogP contribution in [0.5, 0.6) is 0 Å². The van der Waals surface area contributed by atoms with Crippen LogP contribution in [0.3, 0.4) is 0 Å². The molecule has 0 spiro atoms. The van der Waals surface area contributed by atoms with E-state index in [1.807, 2.05) is 36.1 Å². The van der Waals surface area contributed by atoms with Crippen LogP contribution in [0.4, 0.5) is 4.79 Å². The van der Waals surface area contributed by atoms with E-state index in [2.05, 4.69) is 5.32 Å². The van der Waals surface area contributed by atoms with Crippen LogP contribution in [0.25, 0.3) is 0 Å². The fraction of sp³-hybridized carbons (Fsp3) is 0.529. The van der Waals surface area contributed by atoms with Gasteiger partial charge in [0.05, 0.1) is 13.0 Å². The van der Waals surface area contributed by atoms with Gasteiger partial charge in [-0.25, -0.2) is 4.79 Å². The van der Waals surface area contributed by atoms with E-state index in [1.54, 1.807) is 6.92 Å². The van der Waals surface area contributed by atoms with E-state index in [0.29, 0.717) is 19.6 Å². The van der Waals surface area contributed by atoms with Crippen LogP contribution in [-0.4, -0.2) is 42.6 Å². The van der Waals surface area contributed by atoms with Gasteiger partial charge in [-0.3, -0.25) is 4.79 Å². The normalized spacial score (nSPS) is 17.9. The van der Waals surface area contributed by atoms with Crippen molar-refractivity contribution >= 4 is 12.0 Å². The Morgan fingerprint density at radius 3 is 2.86 bits per heavy atom. The van der Waals surface area contributed by atoms with Gasteiger partial charge >= 0.3 is 6.09 Å². The van der Waals surface area contributed by atoms with Gasteiger partial charge in [0.1, 0.15) is 0 Å². The van der Waals surface area contributed by atoms with Gasteiger partial charge in [0.2, 0.25) is 5.91 Å². The molecule has 0 saturated carbocycles. The molecule has 120 valence electrons.